The molecule has 0 heterocycles. The van der Waals surface area contributed by atoms with Gasteiger partial charge in [-0.25, -0.2) is 1.37 Å². The third-order valence-electron chi connectivity index (χ3n) is 0. The van der Waals surface area contributed by atoms with E-state index >= 15 is 0 Å². The van der Waals surface area contributed by atoms with E-state index in [1.165, 1.54) is 0 Å². The molecule has 0 aromatic carbocycles. The first-order valence-corrected chi connectivity index (χ1v) is 1.00. The van der Waals surface area contributed by atoms with Crippen LogP contribution in [-0.2, 0) is 0 Å². The third-order valence-corrected chi connectivity index (χ3v) is 0. The maximum absolute atomic E-state index is 6.50. The molecule has 0 bridgehead atoms. The van der Waals surface area contributed by atoms with Crippen LogP contribution in [0.1, 0.15) is 15.2 Å². The van der Waals surface area contributed by atoms with Crippen LogP contribution in [0.15, 0.2) is 0 Å². The van der Waals surface area contributed by atoms with E-state index in [2.05, 4.69) is 0 Å². The van der Waals surface area contributed by atoms with Crippen molar-refractivity contribution in [3.8, 4) is 0 Å². The van der Waals surface area contributed by atoms with Gasteiger partial charge in [0, 0.05) is 0 Å². The molecule has 0 aromatic rings. The van der Waals surface area contributed by atoms with Crippen LogP contribution in [-0.4, -0.2) is 0 Å². The summed E-state index contributed by atoms with van der Waals surface area (Å²) >= 11 is 0. The van der Waals surface area contributed by atoms with E-state index < -0.39 is 0 Å². The molecule has 5 heavy (non-hydrogen) atoms. The number of rotatable bonds is 0. The van der Waals surface area contributed by atoms with Crippen molar-refractivity contribution in [1.82, 2.24) is 0 Å². The Morgan fingerprint density at radius 3 is 1.60 bits per heavy atom. The molecule has 0 aromatic heterocycles. The first kappa shape index (κ1) is 9.41. The van der Waals surface area contributed by atoms with Crippen LogP contribution in [0.5, 0.6) is 0 Å². The second-order valence-corrected chi connectivity index (χ2v) is 0.500. The van der Waals surface area contributed by atoms with Crippen LogP contribution in [0.2, 0.25) is 0 Å². The van der Waals surface area contributed by atoms with Crippen LogP contribution in [0, 0.1) is 44.9 Å². The molecule has 0 amide bonds. The van der Waals surface area contributed by atoms with Gasteiger partial charge in [0.1, 0.15) is 0 Å². The van der Waals surface area contributed by atoms with E-state index in [1.807, 2.05) is 0 Å². The van der Waals surface area contributed by atoms with E-state index in [9.17, 15) is 0 Å². The zero-order valence-electron chi connectivity index (χ0n) is 5.00. The molecule has 0 saturated heterocycles. The molecule has 0 atom stereocenters. The summed E-state index contributed by atoms with van der Waals surface area (Å²) in [5.41, 5.74) is 0. The van der Waals surface area contributed by atoms with Gasteiger partial charge in [-0.15, -0.1) is 0 Å². The van der Waals surface area contributed by atoms with Crippen molar-refractivity contribution in [2.24, 2.45) is 0 Å². The Bertz CT molecular complexity index is 12.3. The van der Waals surface area contributed by atoms with Crippen molar-refractivity contribution in [2.75, 3.05) is 0 Å². The SMILES string of the molecule is [3H][C-](C)C.[CH3-].[U+2]. The second-order valence-electron chi connectivity index (χ2n) is 0.500. The minimum absolute atomic E-state index is 0. The minimum atomic E-state index is 0. The summed E-state index contributed by atoms with van der Waals surface area (Å²) in [6.07, 6.45) is 0.667. The van der Waals surface area contributed by atoms with Gasteiger partial charge in [-0.3, -0.25) is 0 Å². The first-order chi connectivity index (χ1) is 1.73. The average molecular weight is 298 g/mol. The Balaban J connectivity index is -0.0000000450. The zero-order valence-corrected chi connectivity index (χ0v) is 8.16. The topological polar surface area (TPSA) is 0 Å². The Hall–Kier alpha value is 1.05. The van der Waals surface area contributed by atoms with Gasteiger partial charge in [0.2, 0.25) is 0 Å². The van der Waals surface area contributed by atoms with Crippen LogP contribution < -0.4 is 0 Å². The summed E-state index contributed by atoms with van der Waals surface area (Å²) in [7, 11) is 0. The Kier molecular flexibility index (Phi) is 37.1. The molecule has 0 unspecified atom stereocenters. The van der Waals surface area contributed by atoms with Gasteiger partial charge >= 0.3 is 31.1 Å². The Morgan fingerprint density at radius 1 is 1.60 bits per heavy atom. The van der Waals surface area contributed by atoms with Crippen LogP contribution >= 0.6 is 0 Å². The summed E-state index contributed by atoms with van der Waals surface area (Å²) in [5, 5.41) is 0. The van der Waals surface area contributed by atoms with Gasteiger partial charge in [0.05, 0.1) is 0 Å². The van der Waals surface area contributed by atoms with E-state index in [0.29, 0.717) is 6.40 Å². The molecule has 0 fully saturated rings. The van der Waals surface area contributed by atoms with Gasteiger partial charge < -0.3 is 13.8 Å². The Labute approximate surface area is 60.1 Å². The fraction of sp³-hybridized carbons (Fsp3) is 0.500. The predicted octanol–water partition coefficient (Wildman–Crippen LogP) is 1.68. The summed E-state index contributed by atoms with van der Waals surface area (Å²) in [4.78, 5) is 0. The van der Waals surface area contributed by atoms with Crippen molar-refractivity contribution in [2.45, 2.75) is 13.8 Å². The van der Waals surface area contributed by atoms with E-state index in [4.69, 9.17) is 1.37 Å². The van der Waals surface area contributed by atoms with Crippen LogP contribution in [0.4, 0.5) is 0 Å². The molecular formula is C4H10U. The molecule has 0 radical (unpaired) electrons. The average Bonchev–Trinajstić information content (AvgIpc) is 0.811. The van der Waals surface area contributed by atoms with Gasteiger partial charge in [-0.05, 0) is 0 Å². The van der Waals surface area contributed by atoms with Crippen molar-refractivity contribution in [3.05, 3.63) is 13.8 Å². The standard InChI is InChI=1S/C3H7.CH3.U/c1-3-2;;/h3H,1-2H3;1H3;/q2*-1;+2/i3T;;. The number of hydrogen-bond donors (Lipinski definition) is 0. The van der Waals surface area contributed by atoms with E-state index in [-0.39, 0.29) is 38.5 Å². The minimum Gasteiger partial charge on any atom is -0.358 e. The van der Waals surface area contributed by atoms with Gasteiger partial charge in [0.15, 0.2) is 0 Å². The quantitative estimate of drug-likeness (QED) is 0.597. The predicted molar refractivity (Wildman–Crippen MR) is 22.1 cm³/mol. The molecule has 0 nitrogen and oxygen atoms in total. The van der Waals surface area contributed by atoms with Crippen molar-refractivity contribution >= 4 is 0 Å². The van der Waals surface area contributed by atoms with Crippen molar-refractivity contribution in [3.63, 3.8) is 0 Å². The fourth-order valence-corrected chi connectivity index (χ4v) is 0. The molecule has 0 spiro atoms. The maximum atomic E-state index is 6.50. The summed E-state index contributed by atoms with van der Waals surface area (Å²) in [6.45, 7) is 3.50. The molecule has 0 aliphatic rings. The van der Waals surface area contributed by atoms with Crippen molar-refractivity contribution < 1.29 is 32.5 Å². The molecule has 30 valence electrons. The molecule has 1 heteroatoms. The summed E-state index contributed by atoms with van der Waals surface area (Å²) in [5.74, 6) is 0. The van der Waals surface area contributed by atoms with Gasteiger partial charge in [0.25, 0.3) is 0 Å². The van der Waals surface area contributed by atoms with Gasteiger partial charge in [-0.1, -0.05) is 0 Å². The van der Waals surface area contributed by atoms with Crippen LogP contribution in [0.25, 0.3) is 0 Å². The second kappa shape index (κ2) is 19.7. The molecular weight excluding hydrogens is 286 g/mol. The maximum Gasteiger partial charge on any atom is 2.00 e. The van der Waals surface area contributed by atoms with E-state index in [1.54, 1.807) is 13.8 Å². The Morgan fingerprint density at radius 2 is 1.60 bits per heavy atom. The van der Waals surface area contributed by atoms with E-state index in [0.717, 1.165) is 0 Å². The summed E-state index contributed by atoms with van der Waals surface area (Å²) < 4.78 is 6.50. The fourth-order valence-electron chi connectivity index (χ4n) is 0. The molecule has 0 rings (SSSR count). The zero-order chi connectivity index (χ0) is 3.58. The molecule has 0 saturated carbocycles. The largest absolute Gasteiger partial charge is 2.00 e. The normalized spacial score (nSPS) is 7.40. The summed E-state index contributed by atoms with van der Waals surface area (Å²) in [6, 6.07) is 0. The first-order valence-electron chi connectivity index (χ1n) is 1.50. The monoisotopic (exact) mass is 298 g/mol. The third kappa shape index (κ3) is 42.5. The van der Waals surface area contributed by atoms with Crippen LogP contribution in [0.3, 0.4) is 0 Å². The van der Waals surface area contributed by atoms with Gasteiger partial charge in [-0.2, -0.15) is 13.8 Å². The van der Waals surface area contributed by atoms with Crippen molar-refractivity contribution in [1.29, 1.82) is 0 Å². The molecule has 0 aliphatic heterocycles. The smallest absolute Gasteiger partial charge is 0.358 e. The molecule has 0 aliphatic carbocycles. The number of hydrogen-bond acceptors (Lipinski definition) is 0. The molecule has 0 N–H and O–H groups in total.